The first-order valence-electron chi connectivity index (χ1n) is 11.4. The molecule has 3 aromatic rings. The molecule has 4 rings (SSSR count). The molecule has 1 N–H and O–H groups in total. The zero-order valence-corrected chi connectivity index (χ0v) is 21.2. The summed E-state index contributed by atoms with van der Waals surface area (Å²) in [4.78, 5) is 16.1. The summed E-state index contributed by atoms with van der Waals surface area (Å²) in [5.41, 5.74) is 1.31. The molecule has 1 aliphatic rings. The summed E-state index contributed by atoms with van der Waals surface area (Å²) < 4.78 is 1.06. The van der Waals surface area contributed by atoms with Crippen molar-refractivity contribution in [1.29, 1.82) is 0 Å². The van der Waals surface area contributed by atoms with Gasteiger partial charge in [-0.1, -0.05) is 58.0 Å². The number of nitrogens with zero attached hydrogens (tertiary/aromatic N) is 3. The quantitative estimate of drug-likeness (QED) is 0.406. The van der Waals surface area contributed by atoms with Crippen LogP contribution in [0.4, 0.5) is 5.82 Å². The van der Waals surface area contributed by atoms with E-state index >= 15 is 0 Å². The van der Waals surface area contributed by atoms with Gasteiger partial charge in [0.15, 0.2) is 5.82 Å². The molecule has 0 radical (unpaired) electrons. The Labute approximate surface area is 208 Å². The van der Waals surface area contributed by atoms with Crippen molar-refractivity contribution in [2.45, 2.75) is 48.6 Å². The highest BCUT2D eigenvalue weighted by molar-refractivity contribution is 9.10. The Hall–Kier alpha value is -2.38. The van der Waals surface area contributed by atoms with Gasteiger partial charge in [0, 0.05) is 34.4 Å². The Balaban J connectivity index is 1.21. The Morgan fingerprint density at radius 3 is 2.45 bits per heavy atom. The summed E-state index contributed by atoms with van der Waals surface area (Å²) in [5, 5.41) is 12.9. The van der Waals surface area contributed by atoms with Crippen molar-refractivity contribution in [3.63, 3.8) is 0 Å². The first-order chi connectivity index (χ1) is 16.1. The van der Waals surface area contributed by atoms with Crippen LogP contribution >= 0.6 is 27.7 Å². The van der Waals surface area contributed by atoms with Gasteiger partial charge >= 0.3 is 0 Å². The van der Waals surface area contributed by atoms with Crippen LogP contribution in [0, 0.1) is 5.92 Å². The summed E-state index contributed by atoms with van der Waals surface area (Å²) in [5.74, 6) is 1.13. The fourth-order valence-corrected chi connectivity index (χ4v) is 4.99. The zero-order chi connectivity index (χ0) is 23.0. The van der Waals surface area contributed by atoms with Crippen LogP contribution in [0.25, 0.3) is 0 Å². The first kappa shape index (κ1) is 23.8. The van der Waals surface area contributed by atoms with E-state index in [2.05, 4.69) is 79.7 Å². The highest BCUT2D eigenvalue weighted by Gasteiger charge is 2.26. The van der Waals surface area contributed by atoms with Crippen molar-refractivity contribution in [3.8, 4) is 0 Å². The minimum atomic E-state index is 0.0700. The number of aromatic nitrogens is 2. The minimum absolute atomic E-state index is 0.0700. The molecule has 1 aliphatic heterocycles. The van der Waals surface area contributed by atoms with E-state index in [1.807, 2.05) is 30.3 Å². The topological polar surface area (TPSA) is 58.1 Å². The van der Waals surface area contributed by atoms with Crippen molar-refractivity contribution in [1.82, 2.24) is 15.5 Å². The molecular weight excluding hydrogens is 496 g/mol. The summed E-state index contributed by atoms with van der Waals surface area (Å²) in [6, 6.07) is 22.8. The van der Waals surface area contributed by atoms with Crippen LogP contribution in [0.1, 0.15) is 31.7 Å². The first-order valence-corrected chi connectivity index (χ1v) is 13.0. The smallest absolute Gasteiger partial charge is 0.223 e. The third-order valence-corrected chi connectivity index (χ3v) is 7.41. The third kappa shape index (κ3) is 7.05. The Kier molecular flexibility index (Phi) is 8.40. The predicted octanol–water partition coefficient (Wildman–Crippen LogP) is 5.74. The number of hydrogen-bond donors (Lipinski definition) is 1. The van der Waals surface area contributed by atoms with Crippen molar-refractivity contribution >= 4 is 39.4 Å². The standard InChI is InChI=1S/C26H29BrN4OS/c1-19(7-8-20-5-3-2-4-6-20)28-26(32)21-15-17-31(18-16-21)24-13-14-25(30-29-24)33-23-11-9-22(27)10-12-23/h2-6,9-14,19,21H,7-8,15-18H2,1H3,(H,28,32)/t19-/m0/s1. The maximum Gasteiger partial charge on any atom is 0.223 e. The maximum atomic E-state index is 12.7. The van der Waals surface area contributed by atoms with Crippen LogP contribution in [-0.2, 0) is 11.2 Å². The van der Waals surface area contributed by atoms with E-state index in [0.29, 0.717) is 0 Å². The summed E-state index contributed by atoms with van der Waals surface area (Å²) in [7, 11) is 0. The highest BCUT2D eigenvalue weighted by Crippen LogP contribution is 2.28. The number of halogens is 1. The largest absolute Gasteiger partial charge is 0.355 e. The normalized spacial score (nSPS) is 15.3. The maximum absolute atomic E-state index is 12.7. The van der Waals surface area contributed by atoms with Gasteiger partial charge in [0.25, 0.3) is 0 Å². The van der Waals surface area contributed by atoms with Crippen molar-refractivity contribution in [2.75, 3.05) is 18.0 Å². The molecule has 0 aliphatic carbocycles. The lowest BCUT2D eigenvalue weighted by atomic mass is 9.95. The molecule has 0 spiro atoms. The lowest BCUT2D eigenvalue weighted by Gasteiger charge is -2.32. The zero-order valence-electron chi connectivity index (χ0n) is 18.8. The van der Waals surface area contributed by atoms with E-state index < -0.39 is 0 Å². The lowest BCUT2D eigenvalue weighted by molar-refractivity contribution is -0.126. The molecular formula is C26H29BrN4OS. The lowest BCUT2D eigenvalue weighted by Crippen LogP contribution is -2.43. The number of carbonyl (C=O) groups is 1. The number of amides is 1. The molecule has 1 saturated heterocycles. The molecule has 1 fully saturated rings. The van der Waals surface area contributed by atoms with Crippen LogP contribution < -0.4 is 10.2 Å². The van der Waals surface area contributed by atoms with Gasteiger partial charge in [-0.3, -0.25) is 4.79 Å². The molecule has 33 heavy (non-hydrogen) atoms. The molecule has 1 aromatic heterocycles. The second-order valence-corrected chi connectivity index (χ2v) is 10.5. The van der Waals surface area contributed by atoms with Crippen molar-refractivity contribution < 1.29 is 4.79 Å². The van der Waals surface area contributed by atoms with Gasteiger partial charge in [-0.05, 0) is 74.6 Å². The van der Waals surface area contributed by atoms with E-state index in [0.717, 1.165) is 59.0 Å². The predicted molar refractivity (Wildman–Crippen MR) is 138 cm³/mol. The van der Waals surface area contributed by atoms with Gasteiger partial charge < -0.3 is 10.2 Å². The molecule has 172 valence electrons. The molecule has 0 bridgehead atoms. The number of anilines is 1. The third-order valence-electron chi connectivity index (χ3n) is 5.95. The van der Waals surface area contributed by atoms with Gasteiger partial charge in [0.1, 0.15) is 5.03 Å². The molecule has 0 unspecified atom stereocenters. The summed E-state index contributed by atoms with van der Waals surface area (Å²) >= 11 is 5.06. The van der Waals surface area contributed by atoms with Crippen molar-refractivity contribution in [2.24, 2.45) is 5.92 Å². The second-order valence-electron chi connectivity index (χ2n) is 8.48. The van der Waals surface area contributed by atoms with Gasteiger partial charge in [0.2, 0.25) is 5.91 Å². The van der Waals surface area contributed by atoms with E-state index in [1.54, 1.807) is 11.8 Å². The van der Waals surface area contributed by atoms with Crippen LogP contribution in [0.15, 0.2) is 81.1 Å². The Morgan fingerprint density at radius 2 is 1.79 bits per heavy atom. The molecule has 2 heterocycles. The fraction of sp³-hybridized carbons (Fsp3) is 0.346. The van der Waals surface area contributed by atoms with Gasteiger partial charge in [-0.15, -0.1) is 10.2 Å². The van der Waals surface area contributed by atoms with Crippen LogP contribution in [0.3, 0.4) is 0 Å². The van der Waals surface area contributed by atoms with Crippen molar-refractivity contribution in [3.05, 3.63) is 76.8 Å². The highest BCUT2D eigenvalue weighted by atomic mass is 79.9. The van der Waals surface area contributed by atoms with E-state index in [-0.39, 0.29) is 17.9 Å². The van der Waals surface area contributed by atoms with Gasteiger partial charge in [-0.2, -0.15) is 0 Å². The van der Waals surface area contributed by atoms with E-state index in [1.165, 1.54) is 5.56 Å². The summed E-state index contributed by atoms with van der Waals surface area (Å²) in [6.45, 7) is 3.74. The number of hydrogen-bond acceptors (Lipinski definition) is 5. The number of nitrogens with one attached hydrogen (secondary N) is 1. The van der Waals surface area contributed by atoms with Gasteiger partial charge in [0.05, 0.1) is 0 Å². The van der Waals surface area contributed by atoms with Crippen LogP contribution in [-0.4, -0.2) is 35.2 Å². The number of benzene rings is 2. The second kappa shape index (κ2) is 11.7. The molecule has 7 heteroatoms. The SMILES string of the molecule is C[C@@H](CCc1ccccc1)NC(=O)C1CCN(c2ccc(Sc3ccc(Br)cc3)nn2)CC1. The average molecular weight is 526 g/mol. The monoisotopic (exact) mass is 524 g/mol. The molecule has 1 amide bonds. The van der Waals surface area contributed by atoms with Crippen LogP contribution in [0.5, 0.6) is 0 Å². The van der Waals surface area contributed by atoms with E-state index in [9.17, 15) is 4.79 Å². The van der Waals surface area contributed by atoms with Gasteiger partial charge in [-0.25, -0.2) is 0 Å². The number of rotatable bonds is 8. The molecule has 2 aromatic carbocycles. The Bertz CT molecular complexity index is 1020. The summed E-state index contributed by atoms with van der Waals surface area (Å²) in [6.07, 6.45) is 3.62. The number of aryl methyl sites for hydroxylation is 1. The average Bonchev–Trinajstić information content (AvgIpc) is 2.85. The Morgan fingerprint density at radius 1 is 1.06 bits per heavy atom. The number of piperidine rings is 1. The molecule has 0 saturated carbocycles. The minimum Gasteiger partial charge on any atom is -0.355 e. The number of carbonyl (C=O) groups excluding carboxylic acids is 1. The fourth-order valence-electron chi connectivity index (χ4n) is 3.99. The molecule has 5 nitrogen and oxygen atoms in total. The molecule has 1 atom stereocenters. The van der Waals surface area contributed by atoms with E-state index in [4.69, 9.17) is 0 Å². The van der Waals surface area contributed by atoms with Crippen LogP contribution in [0.2, 0.25) is 0 Å².